The molecule has 0 bridgehead atoms. The van der Waals surface area contributed by atoms with Crippen LogP contribution in [0.2, 0.25) is 0 Å². The third kappa shape index (κ3) is 3.06. The molecule has 116 valence electrons. The first-order chi connectivity index (χ1) is 10.6. The minimum Gasteiger partial charge on any atom is -0.496 e. The maximum Gasteiger partial charge on any atom is 0.254 e. The number of aryl methyl sites for hydroxylation is 2. The molecule has 1 amide bonds. The number of carbonyl (C=O) groups excluding carboxylic acids is 1. The summed E-state index contributed by atoms with van der Waals surface area (Å²) < 4.78 is 5.26. The maximum atomic E-state index is 11.8. The number of anilines is 2. The van der Waals surface area contributed by atoms with E-state index < -0.39 is 5.91 Å². The van der Waals surface area contributed by atoms with Gasteiger partial charge in [0.25, 0.3) is 5.91 Å². The van der Waals surface area contributed by atoms with Crippen molar-refractivity contribution in [3.8, 4) is 5.75 Å². The van der Waals surface area contributed by atoms with E-state index in [1.807, 2.05) is 12.1 Å². The van der Waals surface area contributed by atoms with E-state index in [4.69, 9.17) is 10.5 Å². The van der Waals surface area contributed by atoms with Crippen molar-refractivity contribution >= 4 is 17.3 Å². The van der Waals surface area contributed by atoms with E-state index in [1.54, 1.807) is 6.07 Å². The second kappa shape index (κ2) is 6.98. The topological polar surface area (TPSA) is 64.3 Å². The molecule has 0 aliphatic rings. The molecule has 0 fully saturated rings. The lowest BCUT2D eigenvalue weighted by Crippen LogP contribution is -2.15. The molecule has 0 unspecified atom stereocenters. The third-order valence-corrected chi connectivity index (χ3v) is 3.75. The van der Waals surface area contributed by atoms with Crippen LogP contribution in [0.1, 0.15) is 35.3 Å². The molecule has 0 spiro atoms. The maximum absolute atomic E-state index is 11.8. The number of primary amides is 1. The number of hydrogen-bond donors (Lipinski definition) is 2. The fourth-order valence-electron chi connectivity index (χ4n) is 2.60. The zero-order chi connectivity index (χ0) is 16.1. The molecule has 0 heterocycles. The quantitative estimate of drug-likeness (QED) is 0.855. The number of rotatable bonds is 6. The Labute approximate surface area is 131 Å². The molecule has 2 aromatic carbocycles. The highest BCUT2D eigenvalue weighted by molar-refractivity contribution is 6.02. The van der Waals surface area contributed by atoms with Gasteiger partial charge in [-0.1, -0.05) is 38.1 Å². The van der Waals surface area contributed by atoms with Gasteiger partial charge in [-0.25, -0.2) is 0 Å². The number of hydrogen-bond acceptors (Lipinski definition) is 3. The molecule has 2 aromatic rings. The molecule has 4 nitrogen and oxygen atoms in total. The van der Waals surface area contributed by atoms with E-state index in [0.29, 0.717) is 17.0 Å². The van der Waals surface area contributed by atoms with E-state index in [9.17, 15) is 4.79 Å². The first kappa shape index (κ1) is 15.9. The normalized spacial score (nSPS) is 10.3. The minimum atomic E-state index is -0.507. The molecule has 4 heteroatoms. The predicted octanol–water partition coefficient (Wildman–Crippen LogP) is 3.66. The first-order valence-corrected chi connectivity index (χ1v) is 7.46. The van der Waals surface area contributed by atoms with Crippen LogP contribution in [-0.4, -0.2) is 13.0 Å². The SMILES string of the molecule is CCc1cccc(CC)c1Nc1cccc(OC)c1C(N)=O. The predicted molar refractivity (Wildman–Crippen MR) is 90.0 cm³/mol. The van der Waals surface area contributed by atoms with Crippen LogP contribution in [-0.2, 0) is 12.8 Å². The Morgan fingerprint density at radius 3 is 2.18 bits per heavy atom. The van der Waals surface area contributed by atoms with Crippen molar-refractivity contribution in [2.45, 2.75) is 26.7 Å². The molecule has 0 radical (unpaired) electrons. The standard InChI is InChI=1S/C18H22N2O2/c1-4-12-8-6-9-13(5-2)17(12)20-14-10-7-11-15(22-3)16(14)18(19)21/h6-11,20H,4-5H2,1-3H3,(H2,19,21). The molecule has 0 atom stereocenters. The molecule has 0 aliphatic heterocycles. The van der Waals surface area contributed by atoms with Gasteiger partial charge in [-0.3, -0.25) is 4.79 Å². The summed E-state index contributed by atoms with van der Waals surface area (Å²) in [5.41, 5.74) is 10.0. The van der Waals surface area contributed by atoms with Crippen molar-refractivity contribution in [1.29, 1.82) is 0 Å². The molecule has 2 rings (SSSR count). The minimum absolute atomic E-state index is 0.373. The van der Waals surface area contributed by atoms with E-state index in [-0.39, 0.29) is 0 Å². The average Bonchev–Trinajstić information content (AvgIpc) is 2.54. The van der Waals surface area contributed by atoms with E-state index in [0.717, 1.165) is 18.5 Å². The van der Waals surface area contributed by atoms with Crippen LogP contribution in [0.5, 0.6) is 5.75 Å². The van der Waals surface area contributed by atoms with Gasteiger partial charge in [-0.15, -0.1) is 0 Å². The fourth-order valence-corrected chi connectivity index (χ4v) is 2.60. The Kier molecular flexibility index (Phi) is 5.04. The Balaban J connectivity index is 2.54. The van der Waals surface area contributed by atoms with Gasteiger partial charge in [-0.2, -0.15) is 0 Å². The second-order valence-corrected chi connectivity index (χ2v) is 5.03. The van der Waals surface area contributed by atoms with Crippen molar-refractivity contribution < 1.29 is 9.53 Å². The largest absolute Gasteiger partial charge is 0.496 e. The Morgan fingerprint density at radius 1 is 1.09 bits per heavy atom. The zero-order valence-corrected chi connectivity index (χ0v) is 13.3. The van der Waals surface area contributed by atoms with E-state index in [2.05, 4.69) is 37.4 Å². The molecule has 3 N–H and O–H groups in total. The van der Waals surface area contributed by atoms with Crippen molar-refractivity contribution in [2.24, 2.45) is 5.73 Å². The summed E-state index contributed by atoms with van der Waals surface area (Å²) in [5, 5.41) is 3.39. The summed E-state index contributed by atoms with van der Waals surface area (Å²) >= 11 is 0. The Morgan fingerprint density at radius 2 is 1.68 bits per heavy atom. The highest BCUT2D eigenvalue weighted by Gasteiger charge is 2.16. The van der Waals surface area contributed by atoms with Crippen LogP contribution >= 0.6 is 0 Å². The van der Waals surface area contributed by atoms with Crippen LogP contribution < -0.4 is 15.8 Å². The van der Waals surface area contributed by atoms with Gasteiger partial charge < -0.3 is 15.8 Å². The van der Waals surface area contributed by atoms with Crippen LogP contribution in [0.25, 0.3) is 0 Å². The molecular weight excluding hydrogens is 276 g/mol. The number of amides is 1. The highest BCUT2D eigenvalue weighted by Crippen LogP contribution is 2.32. The van der Waals surface area contributed by atoms with Gasteiger partial charge in [0.15, 0.2) is 0 Å². The third-order valence-electron chi connectivity index (χ3n) is 3.75. The van der Waals surface area contributed by atoms with Crippen LogP contribution in [0.3, 0.4) is 0 Å². The Bertz CT molecular complexity index is 659. The van der Waals surface area contributed by atoms with Crippen molar-refractivity contribution in [2.75, 3.05) is 12.4 Å². The van der Waals surface area contributed by atoms with Gasteiger partial charge in [0.1, 0.15) is 11.3 Å². The van der Waals surface area contributed by atoms with Gasteiger partial charge in [-0.05, 0) is 36.1 Å². The van der Waals surface area contributed by atoms with Crippen molar-refractivity contribution in [1.82, 2.24) is 0 Å². The number of methoxy groups -OCH3 is 1. The van der Waals surface area contributed by atoms with Gasteiger partial charge in [0.2, 0.25) is 0 Å². The lowest BCUT2D eigenvalue weighted by Gasteiger charge is -2.18. The molecule has 0 aliphatic carbocycles. The lowest BCUT2D eigenvalue weighted by atomic mass is 10.0. The van der Waals surface area contributed by atoms with E-state index >= 15 is 0 Å². The summed E-state index contributed by atoms with van der Waals surface area (Å²) in [5.74, 6) is -0.0310. The van der Waals surface area contributed by atoms with Crippen LogP contribution in [0, 0.1) is 0 Å². The zero-order valence-electron chi connectivity index (χ0n) is 13.3. The number of ether oxygens (including phenoxy) is 1. The van der Waals surface area contributed by atoms with Gasteiger partial charge in [0.05, 0.1) is 12.8 Å². The highest BCUT2D eigenvalue weighted by atomic mass is 16.5. The molecule has 0 saturated carbocycles. The molecule has 22 heavy (non-hydrogen) atoms. The average molecular weight is 298 g/mol. The van der Waals surface area contributed by atoms with Gasteiger partial charge in [0, 0.05) is 5.69 Å². The summed E-state index contributed by atoms with van der Waals surface area (Å²) in [7, 11) is 1.53. The number of para-hydroxylation sites is 1. The summed E-state index contributed by atoms with van der Waals surface area (Å²) in [6.07, 6.45) is 1.82. The number of carbonyl (C=O) groups is 1. The molecule has 0 saturated heterocycles. The number of nitrogens with one attached hydrogen (secondary N) is 1. The summed E-state index contributed by atoms with van der Waals surface area (Å²) in [4.78, 5) is 11.8. The van der Waals surface area contributed by atoms with E-state index in [1.165, 1.54) is 18.2 Å². The summed E-state index contributed by atoms with van der Waals surface area (Å²) in [6.45, 7) is 4.22. The van der Waals surface area contributed by atoms with Gasteiger partial charge >= 0.3 is 0 Å². The summed E-state index contributed by atoms with van der Waals surface area (Å²) in [6, 6.07) is 11.7. The fraction of sp³-hybridized carbons (Fsp3) is 0.278. The van der Waals surface area contributed by atoms with Crippen molar-refractivity contribution in [3.63, 3.8) is 0 Å². The number of benzene rings is 2. The smallest absolute Gasteiger partial charge is 0.254 e. The first-order valence-electron chi connectivity index (χ1n) is 7.46. The van der Waals surface area contributed by atoms with Crippen molar-refractivity contribution in [3.05, 3.63) is 53.1 Å². The number of nitrogens with two attached hydrogens (primary N) is 1. The molecular formula is C18H22N2O2. The molecule has 0 aromatic heterocycles. The van der Waals surface area contributed by atoms with Crippen LogP contribution in [0.15, 0.2) is 36.4 Å². The lowest BCUT2D eigenvalue weighted by molar-refractivity contribution is 0.0998. The second-order valence-electron chi connectivity index (χ2n) is 5.03. The Hall–Kier alpha value is -2.49. The van der Waals surface area contributed by atoms with Crippen LogP contribution in [0.4, 0.5) is 11.4 Å². The monoisotopic (exact) mass is 298 g/mol.